The van der Waals surface area contributed by atoms with E-state index in [1.165, 1.54) is 0 Å². The van der Waals surface area contributed by atoms with E-state index in [9.17, 15) is 0 Å². The highest BCUT2D eigenvalue weighted by molar-refractivity contribution is 5.51. The van der Waals surface area contributed by atoms with Gasteiger partial charge in [0.1, 0.15) is 12.1 Å². The molecule has 0 fully saturated rings. The maximum atomic E-state index is 5.38. The van der Waals surface area contributed by atoms with Gasteiger partial charge in [-0.15, -0.1) is 0 Å². The zero-order chi connectivity index (χ0) is 12.5. The van der Waals surface area contributed by atoms with Crippen LogP contribution in [0.15, 0.2) is 18.5 Å². The molecule has 0 atom stereocenters. The lowest BCUT2D eigenvalue weighted by atomic mass is 10.1. The first-order valence-electron chi connectivity index (χ1n) is 5.61. The molecule has 0 amide bonds. The molecule has 2 heterocycles. The molecule has 5 nitrogen and oxygen atoms in total. The average Bonchev–Trinajstić information content (AvgIpc) is 2.73. The molecular formula is C12H18N4O. The molecule has 0 aliphatic carbocycles. The lowest BCUT2D eigenvalue weighted by Gasteiger charge is -2.23. The van der Waals surface area contributed by atoms with E-state index in [-0.39, 0.29) is 5.60 Å². The largest absolute Gasteiger partial charge is 0.377 e. The molecular weight excluding hydrogens is 216 g/mol. The highest BCUT2D eigenvalue weighted by Crippen LogP contribution is 2.15. The van der Waals surface area contributed by atoms with Gasteiger partial charge in [-0.1, -0.05) is 0 Å². The Kier molecular flexibility index (Phi) is 3.02. The molecule has 17 heavy (non-hydrogen) atoms. The number of methoxy groups -OCH3 is 1. The topological polar surface area (TPSA) is 51.5 Å². The van der Waals surface area contributed by atoms with Gasteiger partial charge in [0, 0.05) is 13.7 Å². The molecule has 2 aromatic rings. The van der Waals surface area contributed by atoms with Crippen molar-refractivity contribution in [2.24, 2.45) is 0 Å². The molecule has 0 aliphatic heterocycles. The number of ether oxygens (including phenoxy) is 1. The van der Waals surface area contributed by atoms with Gasteiger partial charge < -0.3 is 10.1 Å². The molecule has 1 N–H and O–H groups in total. The third-order valence-corrected chi connectivity index (χ3v) is 2.77. The number of fused-ring (bicyclic) bond motifs is 1. The van der Waals surface area contributed by atoms with Gasteiger partial charge in [-0.3, -0.25) is 0 Å². The van der Waals surface area contributed by atoms with E-state index in [0.717, 1.165) is 17.0 Å². The normalized spacial score (nSPS) is 12.0. The van der Waals surface area contributed by atoms with Gasteiger partial charge >= 0.3 is 0 Å². The van der Waals surface area contributed by atoms with E-state index in [1.807, 2.05) is 32.9 Å². The molecule has 0 spiro atoms. The van der Waals surface area contributed by atoms with E-state index in [1.54, 1.807) is 18.0 Å². The molecule has 0 aromatic carbocycles. The summed E-state index contributed by atoms with van der Waals surface area (Å²) in [4.78, 5) is 4.19. The van der Waals surface area contributed by atoms with Crippen molar-refractivity contribution < 1.29 is 4.74 Å². The van der Waals surface area contributed by atoms with Crippen molar-refractivity contribution >= 4 is 11.5 Å². The first-order chi connectivity index (χ1) is 8.02. The lowest BCUT2D eigenvalue weighted by Crippen LogP contribution is -2.32. The first kappa shape index (κ1) is 11.9. The summed E-state index contributed by atoms with van der Waals surface area (Å²) < 4.78 is 7.17. The number of rotatable bonds is 4. The van der Waals surface area contributed by atoms with Crippen molar-refractivity contribution in [2.75, 3.05) is 19.0 Å². The van der Waals surface area contributed by atoms with Crippen LogP contribution in [-0.2, 0) is 4.74 Å². The van der Waals surface area contributed by atoms with Crippen LogP contribution >= 0.6 is 0 Å². The van der Waals surface area contributed by atoms with E-state index < -0.39 is 0 Å². The summed E-state index contributed by atoms with van der Waals surface area (Å²) in [5.41, 5.74) is 1.79. The van der Waals surface area contributed by atoms with Gasteiger partial charge in [0.2, 0.25) is 0 Å². The number of aromatic nitrogens is 3. The fourth-order valence-corrected chi connectivity index (χ4v) is 1.56. The second kappa shape index (κ2) is 4.33. The summed E-state index contributed by atoms with van der Waals surface area (Å²) in [7, 11) is 1.71. The van der Waals surface area contributed by atoms with Gasteiger partial charge in [-0.05, 0) is 38.5 Å². The predicted molar refractivity (Wildman–Crippen MR) is 67.3 cm³/mol. The van der Waals surface area contributed by atoms with Gasteiger partial charge in [-0.2, -0.15) is 9.61 Å². The first-order valence-corrected chi connectivity index (χ1v) is 5.61. The zero-order valence-electron chi connectivity index (χ0n) is 10.7. The molecule has 0 unspecified atom stereocenters. The van der Waals surface area contributed by atoms with Crippen LogP contribution in [0.3, 0.4) is 0 Å². The van der Waals surface area contributed by atoms with Gasteiger partial charge in [0.25, 0.3) is 0 Å². The summed E-state index contributed by atoms with van der Waals surface area (Å²) in [5.74, 6) is 0.933. The number of nitrogens with one attached hydrogen (secondary N) is 1. The fourth-order valence-electron chi connectivity index (χ4n) is 1.56. The summed E-state index contributed by atoms with van der Waals surface area (Å²) in [6, 6.07) is 4.05. The number of hydrogen-bond acceptors (Lipinski definition) is 4. The van der Waals surface area contributed by atoms with Crippen molar-refractivity contribution in [3.05, 3.63) is 24.0 Å². The van der Waals surface area contributed by atoms with Crippen LogP contribution in [0.4, 0.5) is 5.82 Å². The molecule has 92 valence electrons. The molecule has 2 aromatic heterocycles. The van der Waals surface area contributed by atoms with Crippen LogP contribution < -0.4 is 5.32 Å². The van der Waals surface area contributed by atoms with Crippen LogP contribution in [0, 0.1) is 6.92 Å². The van der Waals surface area contributed by atoms with E-state index in [0.29, 0.717) is 6.54 Å². The third-order valence-electron chi connectivity index (χ3n) is 2.77. The van der Waals surface area contributed by atoms with Crippen LogP contribution in [0.1, 0.15) is 19.4 Å². The van der Waals surface area contributed by atoms with E-state index in [4.69, 9.17) is 4.74 Å². The van der Waals surface area contributed by atoms with Crippen molar-refractivity contribution in [1.29, 1.82) is 0 Å². The second-order valence-electron chi connectivity index (χ2n) is 4.77. The lowest BCUT2D eigenvalue weighted by molar-refractivity contribution is 0.0343. The van der Waals surface area contributed by atoms with Crippen molar-refractivity contribution in [3.63, 3.8) is 0 Å². The molecule has 0 bridgehead atoms. The Labute approximate surface area is 101 Å². The monoisotopic (exact) mass is 234 g/mol. The zero-order valence-corrected chi connectivity index (χ0v) is 10.7. The molecule has 0 radical (unpaired) electrons. The van der Waals surface area contributed by atoms with Gasteiger partial charge in [0.15, 0.2) is 5.65 Å². The van der Waals surface area contributed by atoms with Crippen molar-refractivity contribution in [1.82, 2.24) is 14.6 Å². The smallest absolute Gasteiger partial charge is 0.157 e. The highest BCUT2D eigenvalue weighted by Gasteiger charge is 2.16. The van der Waals surface area contributed by atoms with E-state index in [2.05, 4.69) is 15.4 Å². The third kappa shape index (κ3) is 2.55. The Morgan fingerprint density at radius 2 is 2.18 bits per heavy atom. The van der Waals surface area contributed by atoms with Gasteiger partial charge in [-0.25, -0.2) is 4.98 Å². The average molecular weight is 234 g/mol. The minimum absolute atomic E-state index is 0.212. The Hall–Kier alpha value is -1.62. The minimum Gasteiger partial charge on any atom is -0.377 e. The fraction of sp³-hybridized carbons (Fsp3) is 0.500. The van der Waals surface area contributed by atoms with Crippen LogP contribution in [0.2, 0.25) is 0 Å². The van der Waals surface area contributed by atoms with Crippen LogP contribution in [-0.4, -0.2) is 33.9 Å². The minimum atomic E-state index is -0.212. The summed E-state index contributed by atoms with van der Waals surface area (Å²) >= 11 is 0. The van der Waals surface area contributed by atoms with Gasteiger partial charge in [0.05, 0.1) is 5.60 Å². The van der Waals surface area contributed by atoms with E-state index >= 15 is 0 Å². The summed E-state index contributed by atoms with van der Waals surface area (Å²) in [6.45, 7) is 6.83. The van der Waals surface area contributed by atoms with Crippen molar-refractivity contribution in [2.45, 2.75) is 26.4 Å². The number of nitrogens with zero attached hydrogens (tertiary/aromatic N) is 3. The Bertz CT molecular complexity index is 518. The van der Waals surface area contributed by atoms with Crippen molar-refractivity contribution in [3.8, 4) is 0 Å². The highest BCUT2D eigenvalue weighted by atomic mass is 16.5. The Balaban J connectivity index is 2.26. The molecule has 0 saturated heterocycles. The van der Waals surface area contributed by atoms with Crippen LogP contribution in [0.25, 0.3) is 5.65 Å². The number of hydrogen-bond donors (Lipinski definition) is 1. The molecule has 2 rings (SSSR count). The number of anilines is 1. The quantitative estimate of drug-likeness (QED) is 0.877. The maximum absolute atomic E-state index is 5.38. The predicted octanol–water partition coefficient (Wildman–Crippen LogP) is 1.87. The number of pyridine rings is 1. The molecule has 0 saturated carbocycles. The maximum Gasteiger partial charge on any atom is 0.157 e. The Morgan fingerprint density at radius 3 is 2.88 bits per heavy atom. The Morgan fingerprint density at radius 1 is 1.41 bits per heavy atom. The molecule has 5 heteroatoms. The summed E-state index contributed by atoms with van der Waals surface area (Å²) in [6.07, 6.45) is 1.56. The SMILES string of the molecule is COC(C)(C)CNc1cc(C)cc2ncnn12. The second-order valence-corrected chi connectivity index (χ2v) is 4.77. The summed E-state index contributed by atoms with van der Waals surface area (Å²) in [5, 5.41) is 7.53. The molecule has 0 aliphatic rings. The van der Waals surface area contributed by atoms with Crippen LogP contribution in [0.5, 0.6) is 0 Å². The number of aryl methyl sites for hydroxylation is 1. The standard InChI is InChI=1S/C12H18N4O/c1-9-5-10(13-7-12(2,3)17-4)16-11(6-9)14-8-15-16/h5-6,8,13H,7H2,1-4H3.